The summed E-state index contributed by atoms with van der Waals surface area (Å²) in [5.74, 6) is 2.37. The summed E-state index contributed by atoms with van der Waals surface area (Å²) in [5, 5.41) is 6.60. The van der Waals surface area contributed by atoms with E-state index in [9.17, 15) is 0 Å². The lowest BCUT2D eigenvalue weighted by molar-refractivity contribution is 0.414. The molecule has 0 amide bonds. The smallest absolute Gasteiger partial charge is 0.190 e. The minimum Gasteiger partial charge on any atom is -0.497 e. The Bertz CT molecular complexity index is 402. The van der Waals surface area contributed by atoms with Crippen LogP contribution < -0.4 is 15.4 Å². The Morgan fingerprint density at radius 2 is 2.11 bits per heavy atom. The maximum atomic E-state index is 5.21. The van der Waals surface area contributed by atoms with Crippen molar-refractivity contribution in [3.05, 3.63) is 29.8 Å². The maximum absolute atomic E-state index is 5.21. The molecule has 0 heterocycles. The molecule has 0 radical (unpaired) electrons. The van der Waals surface area contributed by atoms with E-state index in [2.05, 4.69) is 41.6 Å². The average molecular weight is 263 g/mol. The fraction of sp³-hybridized carbons (Fsp3) is 0.533. The highest BCUT2D eigenvalue weighted by molar-refractivity contribution is 5.79. The van der Waals surface area contributed by atoms with Gasteiger partial charge in [-0.1, -0.05) is 26.0 Å². The molecule has 2 N–H and O–H groups in total. The molecule has 0 unspecified atom stereocenters. The van der Waals surface area contributed by atoms with Crippen LogP contribution in [-0.2, 0) is 6.42 Å². The summed E-state index contributed by atoms with van der Waals surface area (Å²) in [6, 6.07) is 8.14. The fourth-order valence-corrected chi connectivity index (χ4v) is 1.67. The van der Waals surface area contributed by atoms with Gasteiger partial charge in [-0.3, -0.25) is 4.99 Å². The molecule has 0 saturated heterocycles. The van der Waals surface area contributed by atoms with Crippen molar-refractivity contribution in [3.63, 3.8) is 0 Å². The zero-order chi connectivity index (χ0) is 14.1. The van der Waals surface area contributed by atoms with Crippen molar-refractivity contribution >= 4 is 5.96 Å². The Kier molecular flexibility index (Phi) is 6.79. The lowest BCUT2D eigenvalue weighted by atomic mass is 10.1. The van der Waals surface area contributed by atoms with Crippen molar-refractivity contribution in [2.45, 2.75) is 20.3 Å². The third-order valence-electron chi connectivity index (χ3n) is 2.74. The van der Waals surface area contributed by atoms with Crippen molar-refractivity contribution in [3.8, 4) is 5.75 Å². The van der Waals surface area contributed by atoms with E-state index in [1.165, 1.54) is 5.56 Å². The predicted molar refractivity (Wildman–Crippen MR) is 80.9 cm³/mol. The number of hydrogen-bond donors (Lipinski definition) is 2. The molecule has 1 aromatic carbocycles. The number of benzene rings is 1. The molecular formula is C15H25N3O. The van der Waals surface area contributed by atoms with E-state index in [1.54, 1.807) is 14.2 Å². The molecule has 0 spiro atoms. The van der Waals surface area contributed by atoms with Crippen LogP contribution in [0.2, 0.25) is 0 Å². The zero-order valence-electron chi connectivity index (χ0n) is 12.4. The monoisotopic (exact) mass is 263 g/mol. The zero-order valence-corrected chi connectivity index (χ0v) is 12.4. The Balaban J connectivity index is 2.35. The van der Waals surface area contributed by atoms with Crippen molar-refractivity contribution < 1.29 is 4.74 Å². The molecule has 4 nitrogen and oxygen atoms in total. The van der Waals surface area contributed by atoms with Crippen molar-refractivity contribution in [1.82, 2.24) is 10.6 Å². The molecule has 0 aromatic heterocycles. The first-order valence-electron chi connectivity index (χ1n) is 6.73. The third-order valence-corrected chi connectivity index (χ3v) is 2.74. The molecule has 0 aliphatic rings. The normalized spacial score (nSPS) is 11.5. The summed E-state index contributed by atoms with van der Waals surface area (Å²) in [5.41, 5.74) is 1.26. The summed E-state index contributed by atoms with van der Waals surface area (Å²) >= 11 is 0. The van der Waals surface area contributed by atoms with E-state index in [0.29, 0.717) is 5.92 Å². The van der Waals surface area contributed by atoms with E-state index in [0.717, 1.165) is 31.2 Å². The maximum Gasteiger partial charge on any atom is 0.190 e. The van der Waals surface area contributed by atoms with Gasteiger partial charge in [-0.25, -0.2) is 0 Å². The van der Waals surface area contributed by atoms with E-state index >= 15 is 0 Å². The van der Waals surface area contributed by atoms with Crippen LogP contribution in [0.5, 0.6) is 5.75 Å². The minimum atomic E-state index is 0.608. The van der Waals surface area contributed by atoms with Gasteiger partial charge in [0, 0.05) is 20.1 Å². The molecule has 19 heavy (non-hydrogen) atoms. The third kappa shape index (κ3) is 6.13. The topological polar surface area (TPSA) is 45.7 Å². The largest absolute Gasteiger partial charge is 0.497 e. The summed E-state index contributed by atoms with van der Waals surface area (Å²) < 4.78 is 5.21. The molecule has 106 valence electrons. The molecule has 0 fully saturated rings. The molecular weight excluding hydrogens is 238 g/mol. The van der Waals surface area contributed by atoms with Crippen molar-refractivity contribution in [1.29, 1.82) is 0 Å². The van der Waals surface area contributed by atoms with Crippen LogP contribution >= 0.6 is 0 Å². The number of nitrogens with zero attached hydrogens (tertiary/aromatic N) is 1. The second-order valence-electron chi connectivity index (χ2n) is 4.88. The standard InChI is InChI=1S/C15H25N3O/c1-12(2)11-18-15(16-3)17-9-8-13-6-5-7-14(10-13)19-4/h5-7,10,12H,8-9,11H2,1-4H3,(H2,16,17,18). The van der Waals surface area contributed by atoms with Crippen molar-refractivity contribution in [2.24, 2.45) is 10.9 Å². The Labute approximate surface area is 116 Å². The van der Waals surface area contributed by atoms with E-state index in [4.69, 9.17) is 4.74 Å². The first kappa shape index (κ1) is 15.3. The first-order chi connectivity index (χ1) is 9.15. The Hall–Kier alpha value is -1.71. The summed E-state index contributed by atoms with van der Waals surface area (Å²) in [6.07, 6.45) is 0.944. The van der Waals surface area contributed by atoms with Crippen LogP contribution in [0, 0.1) is 5.92 Å². The summed E-state index contributed by atoms with van der Waals surface area (Å²) in [7, 11) is 3.48. The molecule has 1 rings (SSSR count). The van der Waals surface area contributed by atoms with Gasteiger partial charge in [-0.05, 0) is 30.0 Å². The van der Waals surface area contributed by atoms with Gasteiger partial charge in [0.2, 0.25) is 0 Å². The highest BCUT2D eigenvalue weighted by Gasteiger charge is 2.00. The van der Waals surface area contributed by atoms with Gasteiger partial charge >= 0.3 is 0 Å². The van der Waals surface area contributed by atoms with Crippen LogP contribution in [0.25, 0.3) is 0 Å². The summed E-state index contributed by atoms with van der Waals surface area (Å²) in [4.78, 5) is 4.19. The van der Waals surface area contributed by atoms with E-state index in [-0.39, 0.29) is 0 Å². The molecule has 1 aromatic rings. The van der Waals surface area contributed by atoms with Gasteiger partial charge in [0.15, 0.2) is 5.96 Å². The number of nitrogens with one attached hydrogen (secondary N) is 2. The highest BCUT2D eigenvalue weighted by Crippen LogP contribution is 2.12. The second kappa shape index (κ2) is 8.40. The molecule has 4 heteroatoms. The van der Waals surface area contributed by atoms with Gasteiger partial charge in [-0.2, -0.15) is 0 Å². The highest BCUT2D eigenvalue weighted by atomic mass is 16.5. The van der Waals surface area contributed by atoms with Gasteiger partial charge in [0.05, 0.1) is 7.11 Å². The van der Waals surface area contributed by atoms with Crippen LogP contribution in [0.4, 0.5) is 0 Å². The first-order valence-corrected chi connectivity index (χ1v) is 6.73. The molecule has 0 saturated carbocycles. The van der Waals surface area contributed by atoms with Crippen molar-refractivity contribution in [2.75, 3.05) is 27.2 Å². The molecule has 0 aliphatic heterocycles. The SMILES string of the molecule is CN=C(NCCc1cccc(OC)c1)NCC(C)C. The summed E-state index contributed by atoms with van der Waals surface area (Å²) in [6.45, 7) is 6.14. The van der Waals surface area contributed by atoms with Crippen LogP contribution in [0.15, 0.2) is 29.3 Å². The fourth-order valence-electron chi connectivity index (χ4n) is 1.67. The number of aliphatic imine (C=N–C) groups is 1. The molecule has 0 atom stereocenters. The second-order valence-corrected chi connectivity index (χ2v) is 4.88. The Morgan fingerprint density at radius 1 is 1.32 bits per heavy atom. The van der Waals surface area contributed by atoms with Crippen LogP contribution in [0.1, 0.15) is 19.4 Å². The quantitative estimate of drug-likeness (QED) is 0.610. The number of guanidine groups is 1. The van der Waals surface area contributed by atoms with Crippen LogP contribution in [0.3, 0.4) is 0 Å². The van der Waals surface area contributed by atoms with E-state index in [1.807, 2.05) is 12.1 Å². The number of methoxy groups -OCH3 is 1. The van der Waals surface area contributed by atoms with Crippen LogP contribution in [-0.4, -0.2) is 33.2 Å². The predicted octanol–water partition coefficient (Wildman–Crippen LogP) is 2.06. The van der Waals surface area contributed by atoms with Gasteiger partial charge in [-0.15, -0.1) is 0 Å². The van der Waals surface area contributed by atoms with E-state index < -0.39 is 0 Å². The average Bonchev–Trinajstić information content (AvgIpc) is 2.42. The van der Waals surface area contributed by atoms with Gasteiger partial charge in [0.25, 0.3) is 0 Å². The Morgan fingerprint density at radius 3 is 2.74 bits per heavy atom. The lowest BCUT2D eigenvalue weighted by Crippen LogP contribution is -2.39. The van der Waals surface area contributed by atoms with Gasteiger partial charge < -0.3 is 15.4 Å². The minimum absolute atomic E-state index is 0.608. The molecule has 0 aliphatic carbocycles. The molecule has 0 bridgehead atoms. The number of ether oxygens (including phenoxy) is 1. The lowest BCUT2D eigenvalue weighted by Gasteiger charge is -2.13. The number of rotatable bonds is 6. The van der Waals surface area contributed by atoms with Gasteiger partial charge in [0.1, 0.15) is 5.75 Å². The number of hydrogen-bond acceptors (Lipinski definition) is 2.